The van der Waals surface area contributed by atoms with Gasteiger partial charge in [-0.2, -0.15) is 0 Å². The number of hydrogen-bond donors (Lipinski definition) is 1. The summed E-state index contributed by atoms with van der Waals surface area (Å²) in [5.41, 5.74) is 0. The van der Waals surface area contributed by atoms with Crippen LogP contribution in [0.1, 0.15) is 181 Å². The predicted octanol–water partition coefficient (Wildman–Crippen LogP) is 11.6. The zero-order valence-electron chi connectivity index (χ0n) is 26.9. The van der Waals surface area contributed by atoms with E-state index in [4.69, 9.17) is 0 Å². The van der Waals surface area contributed by atoms with Gasteiger partial charge in [-0.25, -0.2) is 0 Å². The second-order valence-electron chi connectivity index (χ2n) is 12.7. The van der Waals surface area contributed by atoms with Gasteiger partial charge in [-0.3, -0.25) is 4.79 Å². The van der Waals surface area contributed by atoms with Crippen LogP contribution in [0.25, 0.3) is 0 Å². The zero-order chi connectivity index (χ0) is 28.2. The number of carbonyl (C=O) groups excluding carboxylic acids is 1. The second kappa shape index (κ2) is 28.3. The molecule has 0 fully saturated rings. The number of rotatable bonds is 30. The summed E-state index contributed by atoms with van der Waals surface area (Å²) in [7, 11) is 0. The summed E-state index contributed by atoms with van der Waals surface area (Å²) >= 11 is 0. The summed E-state index contributed by atoms with van der Waals surface area (Å²) in [5.74, 6) is 1.12. The maximum Gasteiger partial charge on any atom is 0.219 e. The molecular weight excluding hydrogens is 481 g/mol. The van der Waals surface area contributed by atoms with Crippen molar-refractivity contribution in [2.24, 2.45) is 5.92 Å². The molecule has 228 valence electrons. The Bertz CT molecular complexity index is 546. The van der Waals surface area contributed by atoms with E-state index in [1.165, 1.54) is 154 Å². The smallest absolute Gasteiger partial charge is 0.219 e. The highest BCUT2D eigenvalue weighted by atomic mass is 31.2. The molecule has 3 heteroatoms. The van der Waals surface area contributed by atoms with Crippen LogP contribution >= 0.6 is 6.89 Å². The predicted molar refractivity (Wildman–Crippen MR) is 179 cm³/mol. The van der Waals surface area contributed by atoms with Crippen molar-refractivity contribution in [1.82, 2.24) is 5.32 Å². The van der Waals surface area contributed by atoms with Crippen LogP contribution in [0.15, 0.2) is 0 Å². The van der Waals surface area contributed by atoms with Crippen LogP contribution in [0.5, 0.6) is 0 Å². The van der Waals surface area contributed by atoms with E-state index >= 15 is 0 Å². The third kappa shape index (κ3) is 27.3. The van der Waals surface area contributed by atoms with Crippen molar-refractivity contribution in [1.29, 1.82) is 0 Å². The van der Waals surface area contributed by atoms with E-state index in [2.05, 4.69) is 39.1 Å². The monoisotopic (exact) mass is 554 g/mol. The summed E-state index contributed by atoms with van der Waals surface area (Å²) < 4.78 is 0. The summed E-state index contributed by atoms with van der Waals surface area (Å²) in [4.78, 5) is 12.1. The highest BCUT2D eigenvalue weighted by Gasteiger charge is 2.11. The minimum absolute atomic E-state index is 0.268. The van der Waals surface area contributed by atoms with Crippen molar-refractivity contribution >= 4 is 19.1 Å². The number of amides is 1. The first-order chi connectivity index (χ1) is 18.4. The van der Waals surface area contributed by atoms with Gasteiger partial charge in [0, 0.05) is 13.0 Å². The van der Waals surface area contributed by atoms with Crippen LogP contribution in [0.4, 0.5) is 0 Å². The topological polar surface area (TPSA) is 29.1 Å². The fourth-order valence-corrected chi connectivity index (χ4v) is 6.75. The third-order valence-electron chi connectivity index (χ3n) is 8.79. The molecular formula is C35H72NOP. The first-order valence-corrected chi connectivity index (χ1v) is 20.2. The molecule has 0 saturated heterocycles. The van der Waals surface area contributed by atoms with Crippen molar-refractivity contribution in [3.8, 4) is 0 Å². The lowest BCUT2D eigenvalue weighted by Crippen LogP contribution is -2.24. The molecule has 0 spiro atoms. The van der Waals surface area contributed by atoms with E-state index in [1.807, 2.05) is 0 Å². The fourth-order valence-electron chi connectivity index (χ4n) is 5.44. The molecule has 0 radical (unpaired) electrons. The van der Waals surface area contributed by atoms with Gasteiger partial charge in [0.15, 0.2) is 0 Å². The lowest BCUT2D eigenvalue weighted by molar-refractivity contribution is -0.121. The normalized spacial score (nSPS) is 13.9. The summed E-state index contributed by atoms with van der Waals surface area (Å²) in [6, 6.07) is 0. The molecule has 38 heavy (non-hydrogen) atoms. The Hall–Kier alpha value is -0.230. The van der Waals surface area contributed by atoms with E-state index in [-0.39, 0.29) is 5.91 Å². The Kier molecular flexibility index (Phi) is 28.1. The molecule has 2 atom stereocenters. The number of carbonyl (C=O) groups is 1. The molecule has 0 bridgehead atoms. The van der Waals surface area contributed by atoms with Gasteiger partial charge in [0.2, 0.25) is 5.91 Å². The molecule has 2 unspecified atom stereocenters. The number of nitrogens with one attached hydrogen (secondary N) is 1. The quantitative estimate of drug-likeness (QED) is 0.0695. The van der Waals surface area contributed by atoms with Crippen LogP contribution in [-0.2, 0) is 4.79 Å². The van der Waals surface area contributed by atoms with Gasteiger partial charge >= 0.3 is 0 Å². The van der Waals surface area contributed by atoms with Crippen molar-refractivity contribution < 1.29 is 4.79 Å². The Morgan fingerprint density at radius 3 is 1.50 bits per heavy atom. The average Bonchev–Trinajstić information content (AvgIpc) is 2.91. The largest absolute Gasteiger partial charge is 0.356 e. The van der Waals surface area contributed by atoms with Crippen molar-refractivity contribution in [2.75, 3.05) is 25.5 Å². The molecule has 0 rings (SSSR count). The summed E-state index contributed by atoms with van der Waals surface area (Å²) in [5, 5.41) is 3.16. The maximum absolute atomic E-state index is 12.1. The molecule has 0 aromatic carbocycles. The lowest BCUT2D eigenvalue weighted by atomic mass is 9.96. The standard InChI is InChI=1S/C35H72NOP/c1-6-9-10-11-12-13-14-15-16-17-18-19-20-21-22-23-24-25-26-30-35(37)36-32-28-27-29-34(7-2)31-33-38(4,5)8-3/h34H,4,6-33H2,1-3,5H3,(H,36,37). The summed E-state index contributed by atoms with van der Waals surface area (Å²) in [6.45, 7) is 9.30. The number of unbranched alkanes of at least 4 members (excludes halogenated alkanes) is 19. The van der Waals surface area contributed by atoms with Gasteiger partial charge in [0.05, 0.1) is 0 Å². The Labute approximate surface area is 241 Å². The second-order valence-corrected chi connectivity index (χ2v) is 17.0. The minimum atomic E-state index is -0.890. The van der Waals surface area contributed by atoms with Crippen LogP contribution < -0.4 is 5.32 Å². The molecule has 0 aliphatic rings. The van der Waals surface area contributed by atoms with Crippen LogP contribution in [0.2, 0.25) is 0 Å². The van der Waals surface area contributed by atoms with Crippen molar-refractivity contribution in [3.63, 3.8) is 0 Å². The van der Waals surface area contributed by atoms with Crippen molar-refractivity contribution in [3.05, 3.63) is 0 Å². The Balaban J connectivity index is 3.34. The van der Waals surface area contributed by atoms with E-state index in [9.17, 15) is 4.79 Å². The van der Waals surface area contributed by atoms with Gasteiger partial charge in [-0.05, 0) is 44.2 Å². The van der Waals surface area contributed by atoms with Gasteiger partial charge < -0.3 is 5.32 Å². The summed E-state index contributed by atoms with van der Waals surface area (Å²) in [6.07, 6.45) is 40.6. The highest BCUT2D eigenvalue weighted by Crippen LogP contribution is 2.41. The molecule has 0 aromatic rings. The minimum Gasteiger partial charge on any atom is -0.356 e. The van der Waals surface area contributed by atoms with Crippen molar-refractivity contribution in [2.45, 2.75) is 181 Å². The first-order valence-electron chi connectivity index (χ1n) is 17.4. The average molecular weight is 554 g/mol. The van der Waals surface area contributed by atoms with Crippen LogP contribution in [0.3, 0.4) is 0 Å². The fraction of sp³-hybridized carbons (Fsp3) is 0.943. The van der Waals surface area contributed by atoms with Crippen LogP contribution in [0, 0.1) is 5.92 Å². The zero-order valence-corrected chi connectivity index (χ0v) is 27.8. The molecule has 2 nitrogen and oxygen atoms in total. The number of hydrogen-bond acceptors (Lipinski definition) is 1. The Morgan fingerprint density at radius 2 is 1.08 bits per heavy atom. The SMILES string of the molecule is C=P(C)(CC)CCC(CC)CCCCNC(=O)CCCCCCCCCCCCCCCCCCCCC. The van der Waals surface area contributed by atoms with E-state index in [1.54, 1.807) is 0 Å². The molecule has 0 heterocycles. The molecule has 1 N–H and O–H groups in total. The van der Waals surface area contributed by atoms with Gasteiger partial charge in [-0.15, -0.1) is 13.2 Å². The van der Waals surface area contributed by atoms with E-state index in [0.717, 1.165) is 31.7 Å². The maximum atomic E-state index is 12.1. The molecule has 0 aliphatic heterocycles. The van der Waals surface area contributed by atoms with E-state index in [0.29, 0.717) is 0 Å². The van der Waals surface area contributed by atoms with E-state index < -0.39 is 6.89 Å². The molecule has 0 aliphatic carbocycles. The molecule has 0 saturated carbocycles. The van der Waals surface area contributed by atoms with Gasteiger partial charge in [0.25, 0.3) is 0 Å². The van der Waals surface area contributed by atoms with Gasteiger partial charge in [0.1, 0.15) is 0 Å². The molecule has 0 aromatic heterocycles. The first kappa shape index (κ1) is 37.8. The van der Waals surface area contributed by atoms with Gasteiger partial charge in [-0.1, -0.05) is 156 Å². The lowest BCUT2D eigenvalue weighted by Gasteiger charge is -2.21. The highest BCUT2D eigenvalue weighted by molar-refractivity contribution is 7.72. The Morgan fingerprint density at radius 1 is 0.632 bits per heavy atom. The van der Waals surface area contributed by atoms with Crippen LogP contribution in [-0.4, -0.2) is 37.7 Å². The molecule has 1 amide bonds. The third-order valence-corrected chi connectivity index (χ3v) is 11.7.